The lowest BCUT2D eigenvalue weighted by Crippen LogP contribution is -2.54. The highest BCUT2D eigenvalue weighted by molar-refractivity contribution is 6.16. The molecule has 3 aromatic rings. The molecule has 5 rings (SSSR count). The molecule has 6 nitrogen and oxygen atoms in total. The number of anilines is 3. The minimum atomic E-state index is -4.99. The summed E-state index contributed by atoms with van der Waals surface area (Å²) in [6, 6.07) is 20.2. The van der Waals surface area contributed by atoms with Crippen molar-refractivity contribution in [2.24, 2.45) is 4.99 Å². The fraction of sp³-hybridized carbons (Fsp3) is 0.214. The van der Waals surface area contributed by atoms with Gasteiger partial charge >= 0.3 is 12.1 Å². The Morgan fingerprint density at radius 2 is 1.49 bits per heavy atom. The van der Waals surface area contributed by atoms with Crippen molar-refractivity contribution in [3.63, 3.8) is 0 Å². The second-order valence-corrected chi connectivity index (χ2v) is 9.07. The molecule has 2 aliphatic heterocycles. The Balaban J connectivity index is 1.87. The van der Waals surface area contributed by atoms with E-state index in [4.69, 9.17) is 4.74 Å². The van der Waals surface area contributed by atoms with Gasteiger partial charge in [-0.2, -0.15) is 13.2 Å². The Morgan fingerprint density at radius 3 is 2.05 bits per heavy atom. The lowest BCUT2D eigenvalue weighted by atomic mass is 9.80. The lowest BCUT2D eigenvalue weighted by Gasteiger charge is -2.41. The molecule has 9 heteroatoms. The number of nitrogens with zero attached hydrogens (tertiary/aromatic N) is 3. The summed E-state index contributed by atoms with van der Waals surface area (Å²) >= 11 is 0. The van der Waals surface area contributed by atoms with Gasteiger partial charge in [-0.25, -0.2) is 9.79 Å². The summed E-state index contributed by atoms with van der Waals surface area (Å²) in [4.78, 5) is 20.8. The third-order valence-corrected chi connectivity index (χ3v) is 6.66. The van der Waals surface area contributed by atoms with Gasteiger partial charge in [0.05, 0.1) is 18.5 Å². The first-order chi connectivity index (χ1) is 17.6. The molecular formula is C28H25F3N4O2. The summed E-state index contributed by atoms with van der Waals surface area (Å²) in [5.74, 6) is -1.16. The number of carbonyl (C=O) groups excluding carboxylic acids is 1. The number of halogens is 3. The predicted octanol–water partition coefficient (Wildman–Crippen LogP) is 5.88. The monoisotopic (exact) mass is 506 g/mol. The molecule has 37 heavy (non-hydrogen) atoms. The number of nitrogens with one attached hydrogen (secondary N) is 1. The van der Waals surface area contributed by atoms with Crippen LogP contribution in [0.1, 0.15) is 16.7 Å². The molecule has 190 valence electrons. The molecule has 3 aromatic carbocycles. The second-order valence-electron chi connectivity index (χ2n) is 9.07. The van der Waals surface area contributed by atoms with Crippen molar-refractivity contribution in [3.8, 4) is 0 Å². The van der Waals surface area contributed by atoms with Gasteiger partial charge in [0, 0.05) is 12.7 Å². The third-order valence-electron chi connectivity index (χ3n) is 6.66. The van der Waals surface area contributed by atoms with Crippen LogP contribution in [0.25, 0.3) is 0 Å². The fourth-order valence-corrected chi connectivity index (χ4v) is 4.80. The molecule has 2 heterocycles. The van der Waals surface area contributed by atoms with Gasteiger partial charge < -0.3 is 15.0 Å². The molecule has 2 aliphatic rings. The number of benzene rings is 3. The Morgan fingerprint density at radius 1 is 0.919 bits per heavy atom. The van der Waals surface area contributed by atoms with E-state index in [1.165, 1.54) is 12.1 Å². The molecule has 0 fully saturated rings. The van der Waals surface area contributed by atoms with E-state index < -0.39 is 23.3 Å². The second kappa shape index (κ2) is 8.69. The number of rotatable bonds is 3. The first-order valence-electron chi connectivity index (χ1n) is 11.6. The van der Waals surface area contributed by atoms with E-state index in [2.05, 4.69) is 10.3 Å². The van der Waals surface area contributed by atoms with Gasteiger partial charge in [0.25, 0.3) is 0 Å². The van der Waals surface area contributed by atoms with Gasteiger partial charge in [0.1, 0.15) is 11.4 Å². The number of hydrogen-bond donors (Lipinski definition) is 1. The molecule has 0 amide bonds. The average Bonchev–Trinajstić information content (AvgIpc) is 3.17. The quantitative estimate of drug-likeness (QED) is 0.450. The summed E-state index contributed by atoms with van der Waals surface area (Å²) < 4.78 is 51.1. The molecule has 0 saturated heterocycles. The van der Waals surface area contributed by atoms with E-state index in [0.717, 1.165) is 18.2 Å². The number of para-hydroxylation sites is 2. The molecule has 0 bridgehead atoms. The molecule has 0 aromatic heterocycles. The van der Waals surface area contributed by atoms with E-state index in [0.29, 0.717) is 17.1 Å². The minimum Gasteiger partial charge on any atom is -0.465 e. The van der Waals surface area contributed by atoms with Crippen molar-refractivity contribution < 1.29 is 22.7 Å². The molecular weight excluding hydrogens is 481 g/mol. The van der Waals surface area contributed by atoms with Crippen LogP contribution in [0.5, 0.6) is 0 Å². The highest BCUT2D eigenvalue weighted by Gasteiger charge is 2.65. The van der Waals surface area contributed by atoms with Crippen molar-refractivity contribution in [3.05, 3.63) is 101 Å². The fourth-order valence-electron chi connectivity index (χ4n) is 4.80. The first kappa shape index (κ1) is 24.4. The molecule has 0 aliphatic carbocycles. The van der Waals surface area contributed by atoms with Crippen LogP contribution >= 0.6 is 0 Å². The molecule has 1 unspecified atom stereocenters. The van der Waals surface area contributed by atoms with Gasteiger partial charge in [0.2, 0.25) is 11.5 Å². The van der Waals surface area contributed by atoms with Crippen molar-refractivity contribution in [1.29, 1.82) is 0 Å². The Hall–Kier alpha value is -4.27. The number of aliphatic imine (C=N–C) groups is 1. The van der Waals surface area contributed by atoms with Gasteiger partial charge in [-0.1, -0.05) is 59.7 Å². The third kappa shape index (κ3) is 3.73. The van der Waals surface area contributed by atoms with E-state index in [9.17, 15) is 4.79 Å². The smallest absolute Gasteiger partial charge is 0.422 e. The van der Waals surface area contributed by atoms with Crippen LogP contribution in [0.3, 0.4) is 0 Å². The summed E-state index contributed by atoms with van der Waals surface area (Å²) in [6.07, 6.45) is -4.99. The van der Waals surface area contributed by atoms with Crippen molar-refractivity contribution in [2.45, 2.75) is 25.6 Å². The van der Waals surface area contributed by atoms with Crippen LogP contribution in [0.15, 0.2) is 89.2 Å². The van der Waals surface area contributed by atoms with Crippen molar-refractivity contribution >= 4 is 29.0 Å². The Kier molecular flexibility index (Phi) is 5.73. The topological polar surface area (TPSA) is 57.2 Å². The van der Waals surface area contributed by atoms with Crippen LogP contribution in [-0.2, 0) is 15.1 Å². The van der Waals surface area contributed by atoms with Gasteiger partial charge in [-0.3, -0.25) is 4.90 Å². The largest absolute Gasteiger partial charge is 0.465 e. The number of methoxy groups -OCH3 is 1. The zero-order valence-corrected chi connectivity index (χ0v) is 20.7. The predicted molar refractivity (Wildman–Crippen MR) is 138 cm³/mol. The first-order valence-corrected chi connectivity index (χ1v) is 11.6. The normalized spacial score (nSPS) is 18.8. The van der Waals surface area contributed by atoms with E-state index in [1.807, 2.05) is 19.1 Å². The zero-order chi connectivity index (χ0) is 26.5. The summed E-state index contributed by atoms with van der Waals surface area (Å²) in [7, 11) is 2.70. The number of alkyl halides is 3. The number of aryl methyl sites for hydroxylation is 2. The van der Waals surface area contributed by atoms with Crippen LogP contribution in [0, 0.1) is 13.8 Å². The number of esters is 1. The molecule has 0 saturated carbocycles. The molecule has 0 radical (unpaired) electrons. The zero-order valence-electron chi connectivity index (χ0n) is 20.7. The number of fused-ring (bicyclic) bond motifs is 3. The highest BCUT2D eigenvalue weighted by atomic mass is 19.4. The van der Waals surface area contributed by atoms with Gasteiger partial charge in [-0.15, -0.1) is 0 Å². The summed E-state index contributed by atoms with van der Waals surface area (Å²) in [5.41, 5.74) is -0.289. The lowest BCUT2D eigenvalue weighted by molar-refractivity contribution is -0.182. The maximum absolute atomic E-state index is 15.4. The number of carbonyl (C=O) groups is 1. The maximum atomic E-state index is 15.4. The Bertz CT molecular complexity index is 1430. The van der Waals surface area contributed by atoms with Crippen LogP contribution in [0.4, 0.5) is 30.2 Å². The van der Waals surface area contributed by atoms with E-state index in [1.54, 1.807) is 72.3 Å². The van der Waals surface area contributed by atoms with Gasteiger partial charge in [0.15, 0.2) is 0 Å². The average molecular weight is 507 g/mol. The van der Waals surface area contributed by atoms with E-state index >= 15 is 13.2 Å². The molecule has 1 atom stereocenters. The Labute approximate surface area is 212 Å². The number of guanidine groups is 1. The van der Waals surface area contributed by atoms with Crippen molar-refractivity contribution in [1.82, 2.24) is 0 Å². The van der Waals surface area contributed by atoms with E-state index in [-0.39, 0.29) is 17.3 Å². The SMILES string of the molecule is COC(=O)C1=C2N(C)c3ccccc3N2C(Nc2ccc(C)cc2)=NC1(c1ccc(C)cc1)C(F)(F)F. The van der Waals surface area contributed by atoms with Crippen LogP contribution in [0.2, 0.25) is 0 Å². The summed E-state index contributed by atoms with van der Waals surface area (Å²) in [6.45, 7) is 3.70. The van der Waals surface area contributed by atoms with Crippen molar-refractivity contribution in [2.75, 3.05) is 29.3 Å². The number of hydrogen-bond acceptors (Lipinski definition) is 6. The summed E-state index contributed by atoms with van der Waals surface area (Å²) in [5, 5.41) is 3.09. The van der Waals surface area contributed by atoms with Crippen LogP contribution < -0.4 is 15.1 Å². The van der Waals surface area contributed by atoms with Crippen LogP contribution in [-0.4, -0.2) is 32.3 Å². The number of ether oxygens (including phenoxy) is 1. The maximum Gasteiger partial charge on any atom is 0.422 e. The standard InChI is InChI=1S/C28H25F3N4O2/c1-17-9-13-19(14-10-17)27(28(29,30)31)23(25(36)37-4)24-34(3)21-7-5-6-8-22(21)35(24)26(33-27)32-20-15-11-18(2)12-16-20/h5-16H,1-4H3,(H,32,33). The van der Waals surface area contributed by atoms with Gasteiger partial charge in [-0.05, 0) is 43.7 Å². The molecule has 1 N–H and O–H groups in total. The molecule has 0 spiro atoms. The highest BCUT2D eigenvalue weighted by Crippen LogP contribution is 2.55. The minimum absolute atomic E-state index is 0.0237.